The molecule has 2 aliphatic rings. The largest absolute Gasteiger partial charge is 0.376 e. The Morgan fingerprint density at radius 2 is 2.33 bits per heavy atom. The Kier molecular flexibility index (Phi) is 4.65. The van der Waals surface area contributed by atoms with Gasteiger partial charge in [0.05, 0.1) is 18.2 Å². The molecule has 2 unspecified atom stereocenters. The summed E-state index contributed by atoms with van der Waals surface area (Å²) in [6, 6.07) is 0. The van der Waals surface area contributed by atoms with Crippen molar-refractivity contribution >= 4 is 11.7 Å². The number of nitrogens with zero attached hydrogens (tertiary/aromatic N) is 3. The van der Waals surface area contributed by atoms with Gasteiger partial charge >= 0.3 is 0 Å². The van der Waals surface area contributed by atoms with Crippen LogP contribution in [0.3, 0.4) is 0 Å². The molecule has 0 saturated carbocycles. The summed E-state index contributed by atoms with van der Waals surface area (Å²) in [6.07, 6.45) is 9.42. The van der Waals surface area contributed by atoms with E-state index in [1.54, 1.807) is 18.6 Å². The zero-order chi connectivity index (χ0) is 14.5. The number of hydrogen-bond donors (Lipinski definition) is 1. The minimum atomic E-state index is 0.0298. The third-order valence-electron chi connectivity index (χ3n) is 4.19. The van der Waals surface area contributed by atoms with Crippen molar-refractivity contribution in [2.24, 2.45) is 5.92 Å². The van der Waals surface area contributed by atoms with Crippen LogP contribution in [0.5, 0.6) is 0 Å². The van der Waals surface area contributed by atoms with E-state index >= 15 is 0 Å². The van der Waals surface area contributed by atoms with Gasteiger partial charge in [0.15, 0.2) is 0 Å². The first-order chi connectivity index (χ1) is 10.3. The van der Waals surface area contributed by atoms with Gasteiger partial charge in [0.1, 0.15) is 5.82 Å². The monoisotopic (exact) mass is 290 g/mol. The van der Waals surface area contributed by atoms with Crippen molar-refractivity contribution in [3.8, 4) is 0 Å². The zero-order valence-electron chi connectivity index (χ0n) is 12.2. The second-order valence-electron chi connectivity index (χ2n) is 5.73. The fourth-order valence-corrected chi connectivity index (χ4v) is 3.02. The first-order valence-electron chi connectivity index (χ1n) is 7.73. The Balaban J connectivity index is 1.51. The van der Waals surface area contributed by atoms with E-state index in [0.717, 1.165) is 51.2 Å². The average Bonchev–Trinajstić information content (AvgIpc) is 3.07. The minimum Gasteiger partial charge on any atom is -0.376 e. The summed E-state index contributed by atoms with van der Waals surface area (Å²) in [5.74, 6) is 1.02. The summed E-state index contributed by atoms with van der Waals surface area (Å²) in [7, 11) is 0. The maximum absolute atomic E-state index is 12.3. The van der Waals surface area contributed by atoms with E-state index in [0.29, 0.717) is 6.54 Å². The van der Waals surface area contributed by atoms with Crippen LogP contribution in [0.2, 0.25) is 0 Å². The van der Waals surface area contributed by atoms with Crippen LogP contribution in [0.1, 0.15) is 25.7 Å². The number of anilines is 1. The van der Waals surface area contributed by atoms with Crippen LogP contribution in [0.15, 0.2) is 18.6 Å². The highest BCUT2D eigenvalue weighted by atomic mass is 16.5. The molecule has 1 amide bonds. The van der Waals surface area contributed by atoms with E-state index in [4.69, 9.17) is 4.74 Å². The molecule has 3 heterocycles. The highest BCUT2D eigenvalue weighted by molar-refractivity contribution is 5.79. The lowest BCUT2D eigenvalue weighted by Crippen LogP contribution is -2.44. The predicted octanol–water partition coefficient (Wildman–Crippen LogP) is 0.988. The fraction of sp³-hybridized carbons (Fsp3) is 0.667. The molecule has 1 aromatic heterocycles. The van der Waals surface area contributed by atoms with Crippen LogP contribution in [0, 0.1) is 5.92 Å². The van der Waals surface area contributed by atoms with Gasteiger partial charge in [-0.25, -0.2) is 4.98 Å². The highest BCUT2D eigenvalue weighted by Gasteiger charge is 2.27. The summed E-state index contributed by atoms with van der Waals surface area (Å²) in [5.41, 5.74) is 0. The van der Waals surface area contributed by atoms with Crippen molar-refractivity contribution in [1.29, 1.82) is 0 Å². The molecule has 2 aliphatic heterocycles. The van der Waals surface area contributed by atoms with E-state index in [1.807, 2.05) is 0 Å². The average molecular weight is 290 g/mol. The normalized spacial score (nSPS) is 25.8. The van der Waals surface area contributed by atoms with Crippen LogP contribution in [-0.2, 0) is 9.53 Å². The molecule has 0 aromatic carbocycles. The van der Waals surface area contributed by atoms with Crippen molar-refractivity contribution < 1.29 is 9.53 Å². The summed E-state index contributed by atoms with van der Waals surface area (Å²) in [6.45, 7) is 3.12. The number of amides is 1. The minimum absolute atomic E-state index is 0.0298. The van der Waals surface area contributed by atoms with E-state index in [-0.39, 0.29) is 17.9 Å². The standard InChI is InChI=1S/C15H22N4O2/c20-15(18-9-13-4-2-8-21-13)12-3-1-7-19(11-12)14-10-16-5-6-17-14/h5-6,10,12-13H,1-4,7-9,11H2,(H,18,20). The van der Waals surface area contributed by atoms with Crippen LogP contribution in [0.4, 0.5) is 5.82 Å². The molecule has 0 bridgehead atoms. The molecule has 2 saturated heterocycles. The maximum Gasteiger partial charge on any atom is 0.224 e. The molecule has 0 aliphatic carbocycles. The van der Waals surface area contributed by atoms with Gasteiger partial charge in [0.25, 0.3) is 0 Å². The number of carbonyl (C=O) groups is 1. The Hall–Kier alpha value is -1.69. The predicted molar refractivity (Wildman–Crippen MR) is 79.0 cm³/mol. The second kappa shape index (κ2) is 6.85. The lowest BCUT2D eigenvalue weighted by atomic mass is 9.97. The van der Waals surface area contributed by atoms with Crippen molar-refractivity contribution in [3.05, 3.63) is 18.6 Å². The molecule has 6 nitrogen and oxygen atoms in total. The summed E-state index contributed by atoms with van der Waals surface area (Å²) in [5, 5.41) is 3.04. The maximum atomic E-state index is 12.3. The molecule has 3 rings (SSSR count). The van der Waals surface area contributed by atoms with Gasteiger partial charge in [-0.1, -0.05) is 0 Å². The van der Waals surface area contributed by atoms with Crippen molar-refractivity contribution in [2.45, 2.75) is 31.8 Å². The number of rotatable bonds is 4. The quantitative estimate of drug-likeness (QED) is 0.895. The fourth-order valence-electron chi connectivity index (χ4n) is 3.02. The lowest BCUT2D eigenvalue weighted by molar-refractivity contribution is -0.125. The number of carbonyl (C=O) groups excluding carboxylic acids is 1. The Morgan fingerprint density at radius 3 is 3.10 bits per heavy atom. The number of hydrogen-bond acceptors (Lipinski definition) is 5. The number of nitrogens with one attached hydrogen (secondary N) is 1. The third-order valence-corrected chi connectivity index (χ3v) is 4.19. The smallest absolute Gasteiger partial charge is 0.224 e. The van der Waals surface area contributed by atoms with E-state index < -0.39 is 0 Å². The first-order valence-corrected chi connectivity index (χ1v) is 7.73. The van der Waals surface area contributed by atoms with Gasteiger partial charge in [-0.15, -0.1) is 0 Å². The van der Waals surface area contributed by atoms with E-state index in [1.165, 1.54) is 0 Å². The molecular weight excluding hydrogens is 268 g/mol. The van der Waals surface area contributed by atoms with Crippen LogP contribution in [-0.4, -0.2) is 48.2 Å². The van der Waals surface area contributed by atoms with Gasteiger partial charge in [0.2, 0.25) is 5.91 Å². The van der Waals surface area contributed by atoms with Gasteiger partial charge in [-0.2, -0.15) is 0 Å². The van der Waals surface area contributed by atoms with Crippen molar-refractivity contribution in [2.75, 3.05) is 31.1 Å². The molecule has 0 radical (unpaired) electrons. The third kappa shape index (κ3) is 3.69. The molecule has 1 aromatic rings. The summed E-state index contributed by atoms with van der Waals surface area (Å²) in [4.78, 5) is 22.9. The summed E-state index contributed by atoms with van der Waals surface area (Å²) >= 11 is 0. The molecule has 6 heteroatoms. The Bertz CT molecular complexity index is 462. The van der Waals surface area contributed by atoms with Crippen LogP contribution in [0.25, 0.3) is 0 Å². The molecule has 21 heavy (non-hydrogen) atoms. The number of piperidine rings is 1. The number of ether oxygens (including phenoxy) is 1. The van der Waals surface area contributed by atoms with Crippen molar-refractivity contribution in [3.63, 3.8) is 0 Å². The molecular formula is C15H22N4O2. The highest BCUT2D eigenvalue weighted by Crippen LogP contribution is 2.21. The van der Waals surface area contributed by atoms with Crippen LogP contribution >= 0.6 is 0 Å². The van der Waals surface area contributed by atoms with Gasteiger partial charge < -0.3 is 15.0 Å². The number of aromatic nitrogens is 2. The molecule has 114 valence electrons. The van der Waals surface area contributed by atoms with Crippen LogP contribution < -0.4 is 10.2 Å². The molecule has 1 N–H and O–H groups in total. The van der Waals surface area contributed by atoms with Gasteiger partial charge in [-0.05, 0) is 25.7 Å². The Morgan fingerprint density at radius 1 is 1.38 bits per heavy atom. The summed E-state index contributed by atoms with van der Waals surface area (Å²) < 4.78 is 5.54. The SMILES string of the molecule is O=C(NCC1CCCO1)C1CCCN(c2cnccn2)C1. The van der Waals surface area contributed by atoms with Crippen molar-refractivity contribution in [1.82, 2.24) is 15.3 Å². The Labute approximate surface area is 124 Å². The van der Waals surface area contributed by atoms with Gasteiger partial charge in [-0.3, -0.25) is 9.78 Å². The van der Waals surface area contributed by atoms with E-state index in [2.05, 4.69) is 20.2 Å². The zero-order valence-corrected chi connectivity index (χ0v) is 12.2. The molecule has 2 fully saturated rings. The topological polar surface area (TPSA) is 67.3 Å². The van der Waals surface area contributed by atoms with E-state index in [9.17, 15) is 4.79 Å². The van der Waals surface area contributed by atoms with Gasteiger partial charge in [0, 0.05) is 38.6 Å². The molecule has 0 spiro atoms. The molecule has 2 atom stereocenters. The lowest BCUT2D eigenvalue weighted by Gasteiger charge is -2.32. The second-order valence-corrected chi connectivity index (χ2v) is 5.73. The first kappa shape index (κ1) is 14.3.